The molecule has 1 amide bonds. The molecule has 0 spiro atoms. The number of rotatable bonds is 35. The highest BCUT2D eigenvalue weighted by molar-refractivity contribution is 7.47. The third-order valence-electron chi connectivity index (χ3n) is 8.76. The Labute approximate surface area is 291 Å². The average molecular weight is 690 g/mol. The molecule has 0 aromatic rings. The first-order valence-electron chi connectivity index (χ1n) is 19.6. The number of hydrogen-bond acceptors (Lipinski definition) is 5. The molecule has 0 rings (SSSR count). The zero-order valence-electron chi connectivity index (χ0n) is 31.5. The smallest absolute Gasteiger partial charge is 0.387 e. The van der Waals surface area contributed by atoms with Crippen LogP contribution < -0.4 is 5.32 Å². The van der Waals surface area contributed by atoms with Gasteiger partial charge in [0.15, 0.2) is 0 Å². The Morgan fingerprint density at radius 2 is 1.13 bits per heavy atom. The molecule has 0 aromatic heterocycles. The maximum absolute atomic E-state index is 12.8. The Morgan fingerprint density at radius 3 is 1.57 bits per heavy atom. The van der Waals surface area contributed by atoms with Crippen molar-refractivity contribution in [1.29, 1.82) is 0 Å². The van der Waals surface area contributed by atoms with Crippen molar-refractivity contribution < 1.29 is 32.9 Å². The second-order valence-electron chi connectivity index (χ2n) is 14.7. The van der Waals surface area contributed by atoms with Gasteiger partial charge >= 0.3 is 7.82 Å². The van der Waals surface area contributed by atoms with Gasteiger partial charge in [0.25, 0.3) is 0 Å². The van der Waals surface area contributed by atoms with Crippen LogP contribution in [-0.2, 0) is 18.4 Å². The van der Waals surface area contributed by atoms with E-state index in [-0.39, 0.29) is 19.1 Å². The molecule has 0 aliphatic rings. The van der Waals surface area contributed by atoms with E-state index in [1.165, 1.54) is 116 Å². The van der Waals surface area contributed by atoms with E-state index in [2.05, 4.69) is 19.2 Å². The summed E-state index contributed by atoms with van der Waals surface area (Å²) in [4.78, 5) is 23.0. The topological polar surface area (TPSA) is 105 Å². The summed E-state index contributed by atoms with van der Waals surface area (Å²) in [5, 5.41) is 13.7. The molecule has 0 bridgehead atoms. The maximum Gasteiger partial charge on any atom is 0.472 e. The first-order chi connectivity index (χ1) is 22.5. The van der Waals surface area contributed by atoms with E-state index in [4.69, 9.17) is 9.05 Å². The van der Waals surface area contributed by atoms with Crippen LogP contribution in [0.4, 0.5) is 0 Å². The van der Waals surface area contributed by atoms with Crippen molar-refractivity contribution in [3.8, 4) is 0 Å². The van der Waals surface area contributed by atoms with Gasteiger partial charge in [0.1, 0.15) is 13.2 Å². The van der Waals surface area contributed by atoms with Gasteiger partial charge in [-0.1, -0.05) is 161 Å². The number of aliphatic hydroxyl groups is 1. The second kappa shape index (κ2) is 31.2. The summed E-state index contributed by atoms with van der Waals surface area (Å²) in [7, 11) is 1.58. The Bertz CT molecular complexity index is 789. The van der Waals surface area contributed by atoms with E-state index in [0.29, 0.717) is 17.4 Å². The summed E-state index contributed by atoms with van der Waals surface area (Å²) < 4.78 is 23.4. The fourth-order valence-corrected chi connectivity index (χ4v) is 6.31. The van der Waals surface area contributed by atoms with Crippen molar-refractivity contribution in [2.45, 2.75) is 187 Å². The van der Waals surface area contributed by atoms with Crippen LogP contribution in [0.3, 0.4) is 0 Å². The largest absolute Gasteiger partial charge is 0.472 e. The first kappa shape index (κ1) is 46.2. The van der Waals surface area contributed by atoms with Crippen LogP contribution in [-0.4, -0.2) is 73.4 Å². The van der Waals surface area contributed by atoms with Gasteiger partial charge < -0.3 is 19.8 Å². The summed E-state index contributed by atoms with van der Waals surface area (Å²) in [6.45, 7) is 4.79. The maximum atomic E-state index is 12.8. The minimum Gasteiger partial charge on any atom is -0.387 e. The zero-order chi connectivity index (χ0) is 35.1. The highest BCUT2D eigenvalue weighted by Crippen LogP contribution is 2.43. The van der Waals surface area contributed by atoms with Crippen molar-refractivity contribution in [3.63, 3.8) is 0 Å². The molecule has 0 saturated heterocycles. The molecule has 0 aliphatic carbocycles. The van der Waals surface area contributed by atoms with Crippen LogP contribution in [0.2, 0.25) is 0 Å². The van der Waals surface area contributed by atoms with Gasteiger partial charge in [0, 0.05) is 6.42 Å². The molecular formula is C38H78N2O6P+. The fourth-order valence-electron chi connectivity index (χ4n) is 5.57. The van der Waals surface area contributed by atoms with Crippen LogP contribution in [0.5, 0.6) is 0 Å². The Kier molecular flexibility index (Phi) is 30.7. The molecule has 280 valence electrons. The normalized spacial score (nSPS) is 14.8. The number of likely N-dealkylation sites (N-methyl/N-ethyl adjacent to an activating group) is 1. The number of nitrogens with zero attached hydrogens (tertiary/aromatic N) is 1. The minimum absolute atomic E-state index is 0.0642. The summed E-state index contributed by atoms with van der Waals surface area (Å²) in [5.74, 6) is -0.179. The van der Waals surface area contributed by atoms with E-state index in [0.717, 1.165) is 38.5 Å². The monoisotopic (exact) mass is 690 g/mol. The number of aliphatic hydroxyl groups excluding tert-OH is 1. The molecule has 0 fully saturated rings. The molecule has 0 heterocycles. The van der Waals surface area contributed by atoms with Gasteiger partial charge in [-0.15, -0.1) is 0 Å². The minimum atomic E-state index is -4.32. The molecule has 9 heteroatoms. The van der Waals surface area contributed by atoms with E-state index in [1.54, 1.807) is 6.08 Å². The fraction of sp³-hybridized carbons (Fsp3) is 0.921. The third kappa shape index (κ3) is 33.5. The molecular weight excluding hydrogens is 611 g/mol. The molecule has 47 heavy (non-hydrogen) atoms. The number of phosphoric ester groups is 1. The lowest BCUT2D eigenvalue weighted by molar-refractivity contribution is -0.870. The number of quaternary nitrogens is 1. The summed E-state index contributed by atoms with van der Waals surface area (Å²) in [6, 6.07) is -0.837. The number of amides is 1. The Morgan fingerprint density at radius 1 is 0.702 bits per heavy atom. The van der Waals surface area contributed by atoms with Crippen LogP contribution >= 0.6 is 7.82 Å². The van der Waals surface area contributed by atoms with Crippen molar-refractivity contribution in [2.24, 2.45) is 0 Å². The van der Waals surface area contributed by atoms with Crippen molar-refractivity contribution in [2.75, 3.05) is 40.9 Å². The molecule has 8 nitrogen and oxygen atoms in total. The summed E-state index contributed by atoms with van der Waals surface area (Å²) in [5.41, 5.74) is 0. The standard InChI is InChI=1S/C38H77N2O6P/c1-6-8-10-12-14-16-18-20-21-23-25-27-29-31-37(41)36(35-46-47(43,44)45-34-33-40(3,4)5)39-38(42)32-30-28-26-24-22-19-17-15-13-11-9-7-2/h29,31,36-37,41H,6-28,30,32-35H2,1-5H3,(H-,39,42,43,44)/p+1/b31-29+. The first-order valence-corrected chi connectivity index (χ1v) is 21.1. The van der Waals surface area contributed by atoms with Crippen molar-refractivity contribution in [1.82, 2.24) is 5.32 Å². The predicted molar refractivity (Wildman–Crippen MR) is 198 cm³/mol. The number of carbonyl (C=O) groups excluding carboxylic acids is 1. The van der Waals surface area contributed by atoms with Gasteiger partial charge in [-0.2, -0.15) is 0 Å². The summed E-state index contributed by atoms with van der Waals surface area (Å²) in [6.07, 6.45) is 32.6. The molecule has 0 saturated carbocycles. The van der Waals surface area contributed by atoms with E-state index >= 15 is 0 Å². The molecule has 3 unspecified atom stereocenters. The van der Waals surface area contributed by atoms with Crippen molar-refractivity contribution in [3.05, 3.63) is 12.2 Å². The molecule has 0 aliphatic heterocycles. The lowest BCUT2D eigenvalue weighted by atomic mass is 10.0. The van der Waals surface area contributed by atoms with Crippen LogP contribution in [0, 0.1) is 0 Å². The van der Waals surface area contributed by atoms with E-state index < -0.39 is 20.0 Å². The number of allylic oxidation sites excluding steroid dienone is 1. The quantitative estimate of drug-likeness (QED) is 0.0265. The third-order valence-corrected chi connectivity index (χ3v) is 9.74. The molecule has 3 atom stereocenters. The number of nitrogens with one attached hydrogen (secondary N) is 1. The highest BCUT2D eigenvalue weighted by Gasteiger charge is 2.27. The van der Waals surface area contributed by atoms with Crippen molar-refractivity contribution >= 4 is 13.7 Å². The SMILES string of the molecule is CCCCCCCCCCCCC/C=C/C(O)C(COP(=O)(O)OCC[N+](C)(C)C)NC(=O)CCCCCCCCCCCCCC. The zero-order valence-corrected chi connectivity index (χ0v) is 32.4. The van der Waals surface area contributed by atoms with Crippen LogP contribution in [0.25, 0.3) is 0 Å². The van der Waals surface area contributed by atoms with Gasteiger partial charge in [-0.3, -0.25) is 13.8 Å². The lowest BCUT2D eigenvalue weighted by Gasteiger charge is -2.25. The second-order valence-corrected chi connectivity index (χ2v) is 16.1. The Balaban J connectivity index is 4.52. The molecule has 0 radical (unpaired) electrons. The van der Waals surface area contributed by atoms with Crippen LogP contribution in [0.15, 0.2) is 12.2 Å². The van der Waals surface area contributed by atoms with Gasteiger partial charge in [0.05, 0.1) is 39.9 Å². The number of carbonyl (C=O) groups is 1. The Hall–Kier alpha value is -0.760. The average Bonchev–Trinajstić information content (AvgIpc) is 3.01. The van der Waals surface area contributed by atoms with Gasteiger partial charge in [-0.25, -0.2) is 4.57 Å². The number of unbranched alkanes of at least 4 members (excludes halogenated alkanes) is 22. The summed E-state index contributed by atoms with van der Waals surface area (Å²) >= 11 is 0. The van der Waals surface area contributed by atoms with E-state index in [9.17, 15) is 19.4 Å². The highest BCUT2D eigenvalue weighted by atomic mass is 31.2. The van der Waals surface area contributed by atoms with Gasteiger partial charge in [0.2, 0.25) is 5.91 Å². The number of phosphoric acid groups is 1. The molecule has 0 aromatic carbocycles. The molecule has 3 N–H and O–H groups in total. The predicted octanol–water partition coefficient (Wildman–Crippen LogP) is 10.0. The number of hydrogen-bond donors (Lipinski definition) is 3. The van der Waals surface area contributed by atoms with Crippen LogP contribution in [0.1, 0.15) is 174 Å². The van der Waals surface area contributed by atoms with E-state index in [1.807, 2.05) is 27.2 Å². The lowest BCUT2D eigenvalue weighted by Crippen LogP contribution is -2.45. The van der Waals surface area contributed by atoms with Gasteiger partial charge in [-0.05, 0) is 19.3 Å².